The smallest absolute Gasteiger partial charge is 0.319 e. The molecule has 0 spiro atoms. The fourth-order valence-electron chi connectivity index (χ4n) is 3.21. The molecular formula is C24H25Cl2N3O4S. The number of amides is 1. The highest BCUT2D eigenvalue weighted by molar-refractivity contribution is 8.01. The normalized spacial score (nSPS) is 11.5. The van der Waals surface area contributed by atoms with E-state index in [-0.39, 0.29) is 5.69 Å². The summed E-state index contributed by atoms with van der Waals surface area (Å²) in [4.78, 5) is 29.9. The SMILES string of the molecule is COCCn1c(-c2ccc(SC(C)(C)C(=O)O)cc2)nc(C(=O)Nc2ccc(Cl)cc2Cl)c1C. The maximum atomic E-state index is 13.0. The zero-order valence-electron chi connectivity index (χ0n) is 19.2. The van der Waals surface area contributed by atoms with Gasteiger partial charge in [-0.2, -0.15) is 0 Å². The molecule has 1 heterocycles. The van der Waals surface area contributed by atoms with Crippen LogP contribution in [0.4, 0.5) is 5.69 Å². The maximum absolute atomic E-state index is 13.0. The van der Waals surface area contributed by atoms with Crippen molar-refractivity contribution in [3.05, 3.63) is 63.9 Å². The van der Waals surface area contributed by atoms with Crippen LogP contribution in [0.25, 0.3) is 11.4 Å². The number of aromatic nitrogens is 2. The number of hydrogen-bond acceptors (Lipinski definition) is 5. The Hall–Kier alpha value is -2.52. The van der Waals surface area contributed by atoms with Crippen LogP contribution < -0.4 is 5.32 Å². The highest BCUT2D eigenvalue weighted by atomic mass is 35.5. The Morgan fingerprint density at radius 3 is 2.44 bits per heavy atom. The molecule has 7 nitrogen and oxygen atoms in total. The molecular weight excluding hydrogens is 497 g/mol. The molecule has 0 unspecified atom stereocenters. The summed E-state index contributed by atoms with van der Waals surface area (Å²) in [7, 11) is 1.61. The average Bonchev–Trinajstić information content (AvgIpc) is 3.10. The number of halogens is 2. The van der Waals surface area contributed by atoms with Gasteiger partial charge in [0.05, 0.1) is 17.3 Å². The van der Waals surface area contributed by atoms with Crippen molar-refractivity contribution in [2.45, 2.75) is 37.0 Å². The lowest BCUT2D eigenvalue weighted by molar-refractivity contribution is -0.138. The number of nitrogens with zero attached hydrogens (tertiary/aromatic N) is 2. The van der Waals surface area contributed by atoms with E-state index < -0.39 is 16.6 Å². The van der Waals surface area contributed by atoms with Crippen LogP contribution in [0.15, 0.2) is 47.4 Å². The first-order chi connectivity index (χ1) is 16.0. The van der Waals surface area contributed by atoms with Crippen molar-refractivity contribution in [1.29, 1.82) is 0 Å². The molecule has 2 aromatic carbocycles. The molecule has 1 amide bonds. The number of carbonyl (C=O) groups is 2. The molecule has 0 aliphatic carbocycles. The van der Waals surface area contributed by atoms with Crippen LogP contribution in [-0.4, -0.2) is 45.0 Å². The van der Waals surface area contributed by atoms with Gasteiger partial charge in [-0.15, -0.1) is 11.8 Å². The van der Waals surface area contributed by atoms with Crippen LogP contribution in [-0.2, 0) is 16.1 Å². The van der Waals surface area contributed by atoms with Gasteiger partial charge in [-0.3, -0.25) is 9.59 Å². The van der Waals surface area contributed by atoms with Crippen LogP contribution in [0.5, 0.6) is 0 Å². The third-order valence-corrected chi connectivity index (χ3v) is 6.88. The van der Waals surface area contributed by atoms with E-state index in [4.69, 9.17) is 27.9 Å². The standard InChI is InChI=1S/C24H25Cl2N3O4S/c1-14-20(22(30)27-19-10-7-16(25)13-18(19)26)28-21(29(14)11-12-33-4)15-5-8-17(9-6-15)34-24(2,3)23(31)32/h5-10,13H,11-12H2,1-4H3,(H,27,30)(H,31,32). The summed E-state index contributed by atoms with van der Waals surface area (Å²) >= 11 is 13.4. The Morgan fingerprint density at radius 2 is 1.85 bits per heavy atom. The number of methoxy groups -OCH3 is 1. The fourth-order valence-corrected chi connectivity index (χ4v) is 4.61. The van der Waals surface area contributed by atoms with Crippen molar-refractivity contribution < 1.29 is 19.4 Å². The number of aliphatic carboxylic acids is 1. The number of ether oxygens (including phenoxy) is 1. The molecule has 2 N–H and O–H groups in total. The van der Waals surface area contributed by atoms with E-state index >= 15 is 0 Å². The quantitative estimate of drug-likeness (QED) is 0.334. The maximum Gasteiger partial charge on any atom is 0.319 e. The molecule has 0 bridgehead atoms. The number of thioether (sulfide) groups is 1. The first-order valence-electron chi connectivity index (χ1n) is 10.4. The predicted molar refractivity (Wildman–Crippen MR) is 136 cm³/mol. The summed E-state index contributed by atoms with van der Waals surface area (Å²) < 4.78 is 6.21. The molecule has 3 aromatic rings. The molecule has 3 rings (SSSR count). The van der Waals surface area contributed by atoms with E-state index in [0.717, 1.165) is 10.5 Å². The summed E-state index contributed by atoms with van der Waals surface area (Å²) in [5.41, 5.74) is 2.17. The lowest BCUT2D eigenvalue weighted by Gasteiger charge is -2.18. The van der Waals surface area contributed by atoms with Crippen molar-refractivity contribution in [2.75, 3.05) is 19.0 Å². The fraction of sp³-hybridized carbons (Fsp3) is 0.292. The summed E-state index contributed by atoms with van der Waals surface area (Å²) in [5, 5.41) is 13.0. The van der Waals surface area contributed by atoms with Gasteiger partial charge < -0.3 is 19.7 Å². The summed E-state index contributed by atoms with van der Waals surface area (Å²) in [5.74, 6) is -0.672. The molecule has 0 aliphatic heterocycles. The molecule has 0 saturated heterocycles. The molecule has 0 atom stereocenters. The Balaban J connectivity index is 1.93. The topological polar surface area (TPSA) is 93.4 Å². The predicted octanol–water partition coefficient (Wildman–Crippen LogP) is 6.02. The third kappa shape index (κ3) is 5.93. The summed E-state index contributed by atoms with van der Waals surface area (Å²) in [6.07, 6.45) is 0. The number of anilines is 1. The second kappa shape index (κ2) is 10.8. The van der Waals surface area contributed by atoms with Crippen molar-refractivity contribution in [3.63, 3.8) is 0 Å². The zero-order valence-corrected chi connectivity index (χ0v) is 21.5. The Labute approximate surface area is 212 Å². The number of nitrogens with one attached hydrogen (secondary N) is 1. The molecule has 34 heavy (non-hydrogen) atoms. The van der Waals surface area contributed by atoms with E-state index in [2.05, 4.69) is 10.3 Å². The van der Waals surface area contributed by atoms with E-state index in [0.29, 0.717) is 40.4 Å². The van der Waals surface area contributed by atoms with Gasteiger partial charge in [0.15, 0.2) is 0 Å². The second-order valence-electron chi connectivity index (χ2n) is 8.03. The van der Waals surface area contributed by atoms with Gasteiger partial charge in [-0.1, -0.05) is 35.3 Å². The Morgan fingerprint density at radius 1 is 1.18 bits per heavy atom. The minimum absolute atomic E-state index is 0.266. The van der Waals surface area contributed by atoms with Gasteiger partial charge in [-0.25, -0.2) is 4.98 Å². The highest BCUT2D eigenvalue weighted by Gasteiger charge is 2.28. The average molecular weight is 522 g/mol. The van der Waals surface area contributed by atoms with E-state index in [1.807, 2.05) is 35.8 Å². The van der Waals surface area contributed by atoms with Gasteiger partial charge in [-0.05, 0) is 51.1 Å². The van der Waals surface area contributed by atoms with Crippen LogP contribution in [0, 0.1) is 6.92 Å². The second-order valence-corrected chi connectivity index (χ2v) is 10.6. The van der Waals surface area contributed by atoms with E-state index in [1.54, 1.807) is 39.2 Å². The van der Waals surface area contributed by atoms with Gasteiger partial charge >= 0.3 is 5.97 Å². The molecule has 0 aliphatic rings. The van der Waals surface area contributed by atoms with Crippen LogP contribution in [0.3, 0.4) is 0 Å². The van der Waals surface area contributed by atoms with Gasteiger partial charge in [0.25, 0.3) is 5.91 Å². The molecule has 0 radical (unpaired) electrons. The number of imidazole rings is 1. The number of carboxylic acids is 1. The number of hydrogen-bond donors (Lipinski definition) is 2. The van der Waals surface area contributed by atoms with Crippen LogP contribution in [0.2, 0.25) is 10.0 Å². The van der Waals surface area contributed by atoms with Crippen molar-refractivity contribution in [2.24, 2.45) is 0 Å². The lowest BCUT2D eigenvalue weighted by atomic mass is 10.2. The van der Waals surface area contributed by atoms with Gasteiger partial charge in [0.1, 0.15) is 16.3 Å². The number of benzene rings is 2. The highest BCUT2D eigenvalue weighted by Crippen LogP contribution is 2.34. The monoisotopic (exact) mass is 521 g/mol. The Kier molecular flexibility index (Phi) is 8.30. The van der Waals surface area contributed by atoms with Crippen molar-refractivity contribution in [3.8, 4) is 11.4 Å². The number of carboxylic acid groups (broad SMARTS) is 1. The third-order valence-electron chi connectivity index (χ3n) is 5.13. The van der Waals surface area contributed by atoms with Crippen LogP contribution in [0.1, 0.15) is 30.0 Å². The Bertz CT molecular complexity index is 1210. The molecule has 0 fully saturated rings. The molecule has 10 heteroatoms. The number of rotatable bonds is 9. The summed E-state index contributed by atoms with van der Waals surface area (Å²) in [6, 6.07) is 12.3. The van der Waals surface area contributed by atoms with Gasteiger partial charge in [0, 0.05) is 34.8 Å². The zero-order chi connectivity index (χ0) is 25.0. The lowest BCUT2D eigenvalue weighted by Crippen LogP contribution is -2.26. The largest absolute Gasteiger partial charge is 0.480 e. The minimum Gasteiger partial charge on any atom is -0.480 e. The van der Waals surface area contributed by atoms with Crippen molar-refractivity contribution in [1.82, 2.24) is 9.55 Å². The summed E-state index contributed by atoms with van der Waals surface area (Å²) in [6.45, 7) is 6.08. The first kappa shape index (κ1) is 26.1. The van der Waals surface area contributed by atoms with E-state index in [1.165, 1.54) is 11.8 Å². The van der Waals surface area contributed by atoms with Crippen molar-refractivity contribution >= 4 is 52.5 Å². The molecule has 0 saturated carbocycles. The minimum atomic E-state index is -0.955. The molecule has 180 valence electrons. The molecule has 1 aromatic heterocycles. The van der Waals surface area contributed by atoms with Crippen LogP contribution >= 0.6 is 35.0 Å². The first-order valence-corrected chi connectivity index (χ1v) is 12.0. The van der Waals surface area contributed by atoms with E-state index in [9.17, 15) is 14.7 Å². The number of carbonyl (C=O) groups excluding carboxylic acids is 1. The van der Waals surface area contributed by atoms with Gasteiger partial charge in [0.2, 0.25) is 0 Å².